The van der Waals surface area contributed by atoms with Crippen LogP contribution in [0.2, 0.25) is 0 Å². The molecule has 0 amide bonds. The molecule has 71 valence electrons. The van der Waals surface area contributed by atoms with Gasteiger partial charge in [0.25, 0.3) is 0 Å². The van der Waals surface area contributed by atoms with E-state index >= 15 is 0 Å². The lowest BCUT2D eigenvalue weighted by molar-refractivity contribution is 0.730. The van der Waals surface area contributed by atoms with Crippen LogP contribution in [0.4, 0.5) is 0 Å². The molecule has 0 atom stereocenters. The molecule has 0 saturated carbocycles. The van der Waals surface area contributed by atoms with Gasteiger partial charge in [-0.15, -0.1) is 0 Å². The summed E-state index contributed by atoms with van der Waals surface area (Å²) in [6.07, 6.45) is 23.0. The fourth-order valence-electron chi connectivity index (χ4n) is 1.37. The van der Waals surface area contributed by atoms with E-state index < -0.39 is 0 Å². The van der Waals surface area contributed by atoms with Crippen LogP contribution in [0.5, 0.6) is 0 Å². The van der Waals surface area contributed by atoms with Gasteiger partial charge in [0.2, 0.25) is 0 Å². The van der Waals surface area contributed by atoms with Crippen LogP contribution in [0.15, 0.2) is 36.5 Å². The third-order valence-electron chi connectivity index (χ3n) is 2.15. The van der Waals surface area contributed by atoms with Crippen LogP contribution in [0.1, 0.15) is 38.5 Å². The van der Waals surface area contributed by atoms with Gasteiger partial charge < -0.3 is 0 Å². The second-order valence-corrected chi connectivity index (χ2v) is 3.37. The Balaban J connectivity index is 2.29. The Morgan fingerprint density at radius 1 is 0.615 bits per heavy atom. The van der Waals surface area contributed by atoms with E-state index in [1.165, 1.54) is 25.7 Å². The van der Waals surface area contributed by atoms with Crippen LogP contribution in [0.25, 0.3) is 0 Å². The number of hydrogen-bond acceptors (Lipinski definition) is 0. The molecule has 0 N–H and O–H groups in total. The van der Waals surface area contributed by atoms with Crippen molar-refractivity contribution in [1.82, 2.24) is 0 Å². The minimum absolute atomic E-state index is 1.08. The molecule has 0 bridgehead atoms. The molecule has 0 saturated heterocycles. The Bertz CT molecular complexity index is 184. The second kappa shape index (κ2) is 7.85. The Labute approximate surface area is 82.0 Å². The van der Waals surface area contributed by atoms with Crippen molar-refractivity contribution < 1.29 is 0 Å². The quantitative estimate of drug-likeness (QED) is 0.484. The van der Waals surface area contributed by atoms with Crippen molar-refractivity contribution in [2.75, 3.05) is 0 Å². The summed E-state index contributed by atoms with van der Waals surface area (Å²) in [5.41, 5.74) is 0. The van der Waals surface area contributed by atoms with Gasteiger partial charge in [0.1, 0.15) is 0 Å². The van der Waals surface area contributed by atoms with Crippen LogP contribution in [-0.4, -0.2) is 0 Å². The van der Waals surface area contributed by atoms with E-state index in [0.29, 0.717) is 0 Å². The molecule has 0 nitrogen and oxygen atoms in total. The van der Waals surface area contributed by atoms with Crippen LogP contribution in [0.3, 0.4) is 0 Å². The molecule has 1 aliphatic rings. The first-order valence-electron chi connectivity index (χ1n) is 5.28. The summed E-state index contributed by atoms with van der Waals surface area (Å²) >= 11 is 0. The summed E-state index contributed by atoms with van der Waals surface area (Å²) in [5.74, 6) is 0. The zero-order valence-electron chi connectivity index (χ0n) is 8.28. The van der Waals surface area contributed by atoms with E-state index in [2.05, 4.69) is 42.9 Å². The Kier molecular flexibility index (Phi) is 6.22. The van der Waals surface area contributed by atoms with Crippen LogP contribution >= 0.6 is 0 Å². The molecule has 0 heteroatoms. The van der Waals surface area contributed by atoms with E-state index in [0.717, 1.165) is 12.8 Å². The van der Waals surface area contributed by atoms with E-state index in [4.69, 9.17) is 0 Å². The van der Waals surface area contributed by atoms with Gasteiger partial charge in [-0.25, -0.2) is 0 Å². The Morgan fingerprint density at radius 2 is 1.38 bits per heavy atom. The lowest BCUT2D eigenvalue weighted by Crippen LogP contribution is -1.77. The maximum absolute atomic E-state index is 2.37. The van der Waals surface area contributed by atoms with E-state index in [1.54, 1.807) is 0 Å². The molecule has 0 aromatic heterocycles. The summed E-state index contributed by atoms with van der Waals surface area (Å²) in [6, 6.07) is 0. The molecule has 13 heavy (non-hydrogen) atoms. The minimum atomic E-state index is 1.08. The lowest BCUT2D eigenvalue weighted by atomic mass is 10.1. The third-order valence-corrected chi connectivity index (χ3v) is 2.15. The maximum atomic E-state index is 2.37. The highest BCUT2D eigenvalue weighted by Gasteiger charge is 1.87. The van der Waals surface area contributed by atoms with Gasteiger partial charge in [0.05, 0.1) is 0 Å². The molecule has 0 heterocycles. The van der Waals surface area contributed by atoms with E-state index in [9.17, 15) is 0 Å². The van der Waals surface area contributed by atoms with Crippen molar-refractivity contribution in [3.63, 3.8) is 0 Å². The van der Waals surface area contributed by atoms with Gasteiger partial charge >= 0.3 is 0 Å². The topological polar surface area (TPSA) is 0 Å². The molecule has 0 unspecified atom stereocenters. The SMILES string of the molecule is [CH]1C/C=C\C=C\C/C=C/CCCC1. The van der Waals surface area contributed by atoms with Crippen molar-refractivity contribution in [2.24, 2.45) is 0 Å². The van der Waals surface area contributed by atoms with Crippen LogP contribution < -0.4 is 0 Å². The summed E-state index contributed by atoms with van der Waals surface area (Å²) < 4.78 is 0. The molecule has 0 aromatic carbocycles. The Morgan fingerprint density at radius 3 is 2.31 bits per heavy atom. The normalized spacial score (nSPS) is 27.7. The van der Waals surface area contributed by atoms with Gasteiger partial charge in [-0.2, -0.15) is 0 Å². The molecule has 0 spiro atoms. The minimum Gasteiger partial charge on any atom is -0.0882 e. The first-order valence-corrected chi connectivity index (χ1v) is 5.28. The number of rotatable bonds is 0. The zero-order chi connectivity index (χ0) is 9.19. The average molecular weight is 175 g/mol. The molecule has 1 rings (SSSR count). The molecule has 0 aliphatic heterocycles. The van der Waals surface area contributed by atoms with E-state index in [1.807, 2.05) is 0 Å². The van der Waals surface area contributed by atoms with Gasteiger partial charge in [-0.3, -0.25) is 0 Å². The van der Waals surface area contributed by atoms with Crippen molar-refractivity contribution in [3.05, 3.63) is 42.9 Å². The number of hydrogen-bond donors (Lipinski definition) is 0. The summed E-state index contributed by atoms with van der Waals surface area (Å²) in [4.78, 5) is 0. The standard InChI is InChI=1S/C13H19/c1-2-4-6-8-10-12-13-11-9-7-5-3-1/h1-4,7-9H,5-6,10-13H2/b3-1+,4-2-,9-7+. The molecule has 1 radical (unpaired) electrons. The van der Waals surface area contributed by atoms with E-state index in [-0.39, 0.29) is 0 Å². The molecule has 1 aliphatic carbocycles. The second-order valence-electron chi connectivity index (χ2n) is 3.37. The highest BCUT2D eigenvalue weighted by molar-refractivity contribution is 5.05. The first-order chi connectivity index (χ1) is 6.50. The average Bonchev–Trinajstić information content (AvgIpc) is 2.18. The molecule has 0 fully saturated rings. The van der Waals surface area contributed by atoms with Crippen molar-refractivity contribution in [2.45, 2.75) is 38.5 Å². The van der Waals surface area contributed by atoms with Crippen molar-refractivity contribution in [3.8, 4) is 0 Å². The van der Waals surface area contributed by atoms with Crippen molar-refractivity contribution >= 4 is 0 Å². The summed E-state index contributed by atoms with van der Waals surface area (Å²) in [7, 11) is 0. The first kappa shape index (κ1) is 10.3. The van der Waals surface area contributed by atoms with Gasteiger partial charge in [-0.05, 0) is 38.5 Å². The molecule has 0 aromatic rings. The monoisotopic (exact) mass is 175 g/mol. The third kappa shape index (κ3) is 6.39. The fraction of sp³-hybridized carbons (Fsp3) is 0.462. The lowest BCUT2D eigenvalue weighted by Gasteiger charge is -1.95. The molecular formula is C13H19. The predicted molar refractivity (Wildman–Crippen MR) is 59.4 cm³/mol. The number of allylic oxidation sites excluding steroid dienone is 6. The zero-order valence-corrected chi connectivity index (χ0v) is 8.28. The largest absolute Gasteiger partial charge is 0.0882 e. The van der Waals surface area contributed by atoms with Gasteiger partial charge in [-0.1, -0.05) is 42.9 Å². The van der Waals surface area contributed by atoms with Crippen LogP contribution in [-0.2, 0) is 0 Å². The maximum Gasteiger partial charge on any atom is -0.0166 e. The smallest absolute Gasteiger partial charge is 0.0166 e. The molecular weight excluding hydrogens is 156 g/mol. The summed E-state index contributed by atoms with van der Waals surface area (Å²) in [6.45, 7) is 0. The highest BCUT2D eigenvalue weighted by Crippen LogP contribution is 2.06. The fourth-order valence-corrected chi connectivity index (χ4v) is 1.37. The van der Waals surface area contributed by atoms with Crippen LogP contribution in [0, 0.1) is 6.42 Å². The highest BCUT2D eigenvalue weighted by atomic mass is 13.9. The predicted octanol–water partition coefficient (Wildman–Crippen LogP) is 4.21. The van der Waals surface area contributed by atoms with Crippen molar-refractivity contribution in [1.29, 1.82) is 0 Å². The van der Waals surface area contributed by atoms with Gasteiger partial charge in [0, 0.05) is 0 Å². The van der Waals surface area contributed by atoms with Gasteiger partial charge in [0.15, 0.2) is 0 Å². The Hall–Kier alpha value is -0.780. The summed E-state index contributed by atoms with van der Waals surface area (Å²) in [5, 5.41) is 0.